The van der Waals surface area contributed by atoms with E-state index in [0.29, 0.717) is 0 Å². The van der Waals surface area contributed by atoms with Gasteiger partial charge in [0.2, 0.25) is 0 Å². The highest BCUT2D eigenvalue weighted by molar-refractivity contribution is 6.54. The Hall–Kier alpha value is 0.1000. The van der Waals surface area contributed by atoms with Crippen molar-refractivity contribution in [2.75, 3.05) is 13.7 Å². The minimum atomic E-state index is -1.17. The predicted octanol–water partition coefficient (Wildman–Crippen LogP) is 1.13. The Morgan fingerprint density at radius 2 is 1.71 bits per heavy atom. The maximum Gasteiger partial charge on any atom is 0.257 e. The van der Waals surface area contributed by atoms with Gasteiger partial charge in [0.15, 0.2) is 9.67 Å². The smallest absolute Gasteiger partial charge is 0.257 e. The second-order valence-corrected chi connectivity index (χ2v) is 4.53. The Morgan fingerprint density at radius 3 is 2.07 bits per heavy atom. The molecule has 0 atom stereocenters. The summed E-state index contributed by atoms with van der Waals surface area (Å²) in [5, 5.41) is 2.30. The summed E-state index contributed by atoms with van der Waals surface area (Å²) in [6.07, 6.45) is 0. The number of alkyl halides is 4. The fourth-order valence-electron chi connectivity index (χ4n) is 0.518. The lowest BCUT2D eigenvalue weighted by Gasteiger charge is -2.18. The summed E-state index contributed by atoms with van der Waals surface area (Å²) in [5.74, 6) is -1.11. The lowest BCUT2D eigenvalue weighted by molar-refractivity contribution is -0.129. The van der Waals surface area contributed by atoms with Crippen LogP contribution in [0.2, 0.25) is 0 Å². The summed E-state index contributed by atoms with van der Waals surface area (Å²) >= 11 is 21.1. The Labute approximate surface area is 101 Å². The van der Waals surface area contributed by atoms with Crippen LogP contribution < -0.4 is 5.32 Å². The zero-order valence-electron chi connectivity index (χ0n) is 7.14. The van der Waals surface area contributed by atoms with Gasteiger partial charge in [0.05, 0.1) is 6.67 Å². The first kappa shape index (κ1) is 14.1. The monoisotopic (exact) mass is 280 g/mol. The summed E-state index contributed by atoms with van der Waals surface area (Å²) in [6, 6.07) is 0. The van der Waals surface area contributed by atoms with E-state index >= 15 is 0 Å². The number of nitrogens with one attached hydrogen (secondary N) is 1. The van der Waals surface area contributed by atoms with Gasteiger partial charge in [-0.3, -0.25) is 9.59 Å². The number of nitrogens with zero attached hydrogens (tertiary/aromatic N) is 1. The summed E-state index contributed by atoms with van der Waals surface area (Å²) in [4.78, 5) is 20.7. The number of carbonyl (C=O) groups is 2. The first-order valence-corrected chi connectivity index (χ1v) is 5.19. The molecule has 0 spiro atoms. The van der Waals surface area contributed by atoms with Gasteiger partial charge in [0, 0.05) is 7.05 Å². The van der Waals surface area contributed by atoms with Crippen LogP contribution >= 0.6 is 46.4 Å². The van der Waals surface area contributed by atoms with Gasteiger partial charge in [-0.2, -0.15) is 0 Å². The minimum absolute atomic E-state index is 0.0520. The molecular weight excluding hydrogens is 274 g/mol. The van der Waals surface area contributed by atoms with Crippen molar-refractivity contribution in [3.05, 3.63) is 0 Å². The summed E-state index contributed by atoms with van der Waals surface area (Å²) in [7, 11) is 1.43. The van der Waals surface area contributed by atoms with Gasteiger partial charge in [-0.15, -0.1) is 0 Å². The number of rotatable bonds is 4. The third-order valence-electron chi connectivity index (χ3n) is 1.25. The molecule has 0 aliphatic rings. The second-order valence-electron chi connectivity index (χ2n) is 2.34. The molecule has 0 fully saturated rings. The molecule has 2 amide bonds. The molecule has 82 valence electrons. The maximum absolute atomic E-state index is 11.1. The molecule has 0 aromatic rings. The number of hydrogen-bond acceptors (Lipinski definition) is 2. The molecule has 14 heavy (non-hydrogen) atoms. The van der Waals surface area contributed by atoms with E-state index in [1.807, 2.05) is 0 Å². The Bertz CT molecular complexity index is 222. The van der Waals surface area contributed by atoms with E-state index in [-0.39, 0.29) is 6.67 Å². The van der Waals surface area contributed by atoms with E-state index in [2.05, 4.69) is 5.32 Å². The van der Waals surface area contributed by atoms with Gasteiger partial charge in [-0.1, -0.05) is 46.4 Å². The molecule has 4 nitrogen and oxygen atoms in total. The van der Waals surface area contributed by atoms with E-state index in [1.165, 1.54) is 7.05 Å². The number of amides is 2. The number of halogens is 4. The van der Waals surface area contributed by atoms with E-state index in [1.54, 1.807) is 0 Å². The number of carbonyl (C=O) groups excluding carboxylic acids is 2. The zero-order valence-corrected chi connectivity index (χ0v) is 10.2. The van der Waals surface area contributed by atoms with Gasteiger partial charge in [0.25, 0.3) is 11.8 Å². The van der Waals surface area contributed by atoms with Gasteiger partial charge >= 0.3 is 0 Å². The van der Waals surface area contributed by atoms with Crippen molar-refractivity contribution in [1.82, 2.24) is 10.2 Å². The minimum Gasteiger partial charge on any atom is -0.336 e. The summed E-state index contributed by atoms with van der Waals surface area (Å²) in [5.41, 5.74) is 0. The maximum atomic E-state index is 11.1. The SMILES string of the molecule is CN(CNC(=O)C(Cl)Cl)C(=O)C(Cl)Cl. The topological polar surface area (TPSA) is 49.4 Å². The standard InChI is InChI=1S/C6H8Cl4N2O2/c1-12(6(14)4(9)10)2-11-5(13)3(7)8/h3-4H,2H2,1H3,(H,11,13). The summed E-state index contributed by atoms with van der Waals surface area (Å²) in [6.45, 7) is -0.0520. The van der Waals surface area contributed by atoms with Crippen molar-refractivity contribution in [1.29, 1.82) is 0 Å². The molecular formula is C6H8Cl4N2O2. The third kappa shape index (κ3) is 5.10. The first-order valence-electron chi connectivity index (χ1n) is 3.45. The van der Waals surface area contributed by atoms with Crippen molar-refractivity contribution in [2.45, 2.75) is 9.67 Å². The first-order chi connectivity index (χ1) is 6.36. The van der Waals surface area contributed by atoms with Crippen LogP contribution in [0, 0.1) is 0 Å². The molecule has 0 aliphatic carbocycles. The molecule has 0 aromatic heterocycles. The zero-order chi connectivity index (χ0) is 11.3. The predicted molar refractivity (Wildman–Crippen MR) is 56.8 cm³/mol. The lowest BCUT2D eigenvalue weighted by atomic mass is 10.6. The molecule has 0 saturated carbocycles. The van der Waals surface area contributed by atoms with Crippen molar-refractivity contribution in [3.8, 4) is 0 Å². The largest absolute Gasteiger partial charge is 0.336 e. The van der Waals surface area contributed by atoms with E-state index in [0.717, 1.165) is 4.90 Å². The van der Waals surface area contributed by atoms with Crippen LogP contribution in [0.15, 0.2) is 0 Å². The highest BCUT2D eigenvalue weighted by Crippen LogP contribution is 2.05. The number of hydrogen-bond donors (Lipinski definition) is 1. The van der Waals surface area contributed by atoms with E-state index < -0.39 is 21.5 Å². The molecule has 8 heteroatoms. The van der Waals surface area contributed by atoms with Crippen molar-refractivity contribution in [3.63, 3.8) is 0 Å². The molecule has 0 heterocycles. The fourth-order valence-corrected chi connectivity index (χ4v) is 1.01. The second kappa shape index (κ2) is 6.56. The van der Waals surface area contributed by atoms with Gasteiger partial charge in [-0.05, 0) is 0 Å². The van der Waals surface area contributed by atoms with Crippen molar-refractivity contribution >= 4 is 58.2 Å². The average molecular weight is 282 g/mol. The highest BCUT2D eigenvalue weighted by Gasteiger charge is 2.18. The molecule has 0 saturated heterocycles. The fraction of sp³-hybridized carbons (Fsp3) is 0.667. The van der Waals surface area contributed by atoms with Crippen LogP contribution in [0.3, 0.4) is 0 Å². The van der Waals surface area contributed by atoms with E-state index in [4.69, 9.17) is 46.4 Å². The van der Waals surface area contributed by atoms with Gasteiger partial charge < -0.3 is 10.2 Å². The van der Waals surface area contributed by atoms with Crippen molar-refractivity contribution in [2.24, 2.45) is 0 Å². The Balaban J connectivity index is 3.91. The molecule has 0 bridgehead atoms. The quantitative estimate of drug-likeness (QED) is 0.620. The lowest BCUT2D eigenvalue weighted by Crippen LogP contribution is -2.42. The molecule has 1 N–H and O–H groups in total. The van der Waals surface area contributed by atoms with Crippen LogP contribution in [-0.2, 0) is 9.59 Å². The normalized spacial score (nSPS) is 10.5. The third-order valence-corrected chi connectivity index (χ3v) is 2.02. The van der Waals surface area contributed by atoms with Gasteiger partial charge in [0.1, 0.15) is 0 Å². The van der Waals surface area contributed by atoms with Crippen LogP contribution in [-0.4, -0.2) is 40.1 Å². The van der Waals surface area contributed by atoms with Crippen LogP contribution in [0.25, 0.3) is 0 Å². The Morgan fingerprint density at radius 1 is 1.21 bits per heavy atom. The average Bonchev–Trinajstić information content (AvgIpc) is 2.11. The van der Waals surface area contributed by atoms with E-state index in [9.17, 15) is 9.59 Å². The van der Waals surface area contributed by atoms with Crippen LogP contribution in [0.5, 0.6) is 0 Å². The van der Waals surface area contributed by atoms with Crippen molar-refractivity contribution < 1.29 is 9.59 Å². The van der Waals surface area contributed by atoms with Crippen LogP contribution in [0.4, 0.5) is 0 Å². The van der Waals surface area contributed by atoms with Crippen LogP contribution in [0.1, 0.15) is 0 Å². The van der Waals surface area contributed by atoms with Gasteiger partial charge in [-0.25, -0.2) is 0 Å². The molecule has 0 aliphatic heterocycles. The summed E-state index contributed by atoms with van der Waals surface area (Å²) < 4.78 is 0. The Kier molecular flexibility index (Phi) is 6.61. The molecule has 0 aromatic carbocycles. The molecule has 0 radical (unpaired) electrons. The molecule has 0 unspecified atom stereocenters. The highest BCUT2D eigenvalue weighted by atomic mass is 35.5. The molecule has 0 rings (SSSR count).